The Morgan fingerprint density at radius 3 is 1.00 bits per heavy atom. The lowest BCUT2D eigenvalue weighted by Gasteiger charge is -2.03. The molecule has 24 heavy (non-hydrogen) atoms. The zero-order valence-electron chi connectivity index (χ0n) is 17.3. The molecule has 0 saturated heterocycles. The highest BCUT2D eigenvalue weighted by Gasteiger charge is 1.95. The van der Waals surface area contributed by atoms with Crippen LogP contribution in [0.4, 0.5) is 0 Å². The molecule has 0 aliphatic heterocycles. The van der Waals surface area contributed by atoms with Gasteiger partial charge in [-0.2, -0.15) is 0 Å². The monoisotopic (exact) mass is 336 g/mol. The van der Waals surface area contributed by atoms with E-state index in [9.17, 15) is 0 Å². The maximum absolute atomic E-state index is 2.30. The third-order valence-corrected chi connectivity index (χ3v) is 5.21. The van der Waals surface area contributed by atoms with Crippen LogP contribution in [0, 0.1) is 0 Å². The second-order valence-corrected chi connectivity index (χ2v) is 7.72. The molecule has 0 heterocycles. The van der Waals surface area contributed by atoms with E-state index in [0.29, 0.717) is 0 Å². The Balaban J connectivity index is 2.95. The van der Waals surface area contributed by atoms with Gasteiger partial charge in [-0.05, 0) is 19.8 Å². The highest BCUT2D eigenvalue weighted by atomic mass is 14.0. The molecule has 0 amide bonds. The van der Waals surface area contributed by atoms with E-state index < -0.39 is 0 Å². The fourth-order valence-corrected chi connectivity index (χ4v) is 3.51. The molecule has 0 bridgehead atoms. The van der Waals surface area contributed by atoms with E-state index in [1.54, 1.807) is 0 Å². The van der Waals surface area contributed by atoms with Crippen LogP contribution < -0.4 is 0 Å². The van der Waals surface area contributed by atoms with Crippen LogP contribution in [0.5, 0.6) is 0 Å². The molecular weight excluding hydrogens is 288 g/mol. The second-order valence-electron chi connectivity index (χ2n) is 7.72. The van der Waals surface area contributed by atoms with Gasteiger partial charge in [0.05, 0.1) is 0 Å². The van der Waals surface area contributed by atoms with Crippen molar-refractivity contribution in [1.29, 1.82) is 0 Å². The van der Waals surface area contributed by atoms with Crippen LogP contribution in [0.15, 0.2) is 12.2 Å². The first-order chi connectivity index (χ1) is 11.9. The standard InChI is InChI=1S/C24H48/c1-3-5-7-9-11-13-15-17-19-21-23-24-22-20-18-16-14-12-10-8-6-4-2/h3,5H,4,6-24H2,1-2H3/b5-3+. The Kier molecular flexibility index (Phi) is 22.5. The van der Waals surface area contributed by atoms with Gasteiger partial charge in [-0.1, -0.05) is 135 Å². The summed E-state index contributed by atoms with van der Waals surface area (Å²) in [5.74, 6) is 0. The minimum Gasteiger partial charge on any atom is -0.0917 e. The summed E-state index contributed by atoms with van der Waals surface area (Å²) < 4.78 is 0. The highest BCUT2D eigenvalue weighted by Crippen LogP contribution is 2.14. The normalized spacial score (nSPS) is 11.6. The molecule has 0 nitrogen and oxygen atoms in total. The Morgan fingerprint density at radius 2 is 0.708 bits per heavy atom. The lowest BCUT2D eigenvalue weighted by atomic mass is 10.0. The first kappa shape index (κ1) is 23.7. The van der Waals surface area contributed by atoms with Gasteiger partial charge in [0.2, 0.25) is 0 Å². The van der Waals surface area contributed by atoms with Gasteiger partial charge in [-0.25, -0.2) is 0 Å². The second kappa shape index (κ2) is 22.7. The van der Waals surface area contributed by atoms with Gasteiger partial charge in [0.1, 0.15) is 0 Å². The van der Waals surface area contributed by atoms with E-state index in [1.807, 2.05) is 0 Å². The summed E-state index contributed by atoms with van der Waals surface area (Å²) in [4.78, 5) is 0. The van der Waals surface area contributed by atoms with E-state index >= 15 is 0 Å². The van der Waals surface area contributed by atoms with Gasteiger partial charge in [0, 0.05) is 0 Å². The van der Waals surface area contributed by atoms with Crippen LogP contribution in [-0.4, -0.2) is 0 Å². The summed E-state index contributed by atoms with van der Waals surface area (Å²) in [5.41, 5.74) is 0. The topological polar surface area (TPSA) is 0 Å². The summed E-state index contributed by atoms with van der Waals surface area (Å²) in [5, 5.41) is 0. The first-order valence-corrected chi connectivity index (χ1v) is 11.5. The molecule has 0 fully saturated rings. The summed E-state index contributed by atoms with van der Waals surface area (Å²) in [6.45, 7) is 4.42. The Morgan fingerprint density at radius 1 is 0.417 bits per heavy atom. The van der Waals surface area contributed by atoms with E-state index in [4.69, 9.17) is 0 Å². The molecule has 0 radical (unpaired) electrons. The van der Waals surface area contributed by atoms with E-state index in [-0.39, 0.29) is 0 Å². The van der Waals surface area contributed by atoms with Crippen LogP contribution >= 0.6 is 0 Å². The molecule has 0 aliphatic rings. The summed E-state index contributed by atoms with van der Waals surface area (Å²) in [6.07, 6.45) is 33.6. The third kappa shape index (κ3) is 21.7. The maximum Gasteiger partial charge on any atom is -0.0351 e. The molecule has 0 unspecified atom stereocenters. The Hall–Kier alpha value is -0.260. The number of allylic oxidation sites excluding steroid dienone is 2. The van der Waals surface area contributed by atoms with E-state index in [1.165, 1.54) is 128 Å². The molecule has 0 aromatic carbocycles. The van der Waals surface area contributed by atoms with Crippen molar-refractivity contribution in [3.05, 3.63) is 12.2 Å². The average molecular weight is 337 g/mol. The van der Waals surface area contributed by atoms with Crippen LogP contribution in [0.25, 0.3) is 0 Å². The molecule has 0 aliphatic carbocycles. The van der Waals surface area contributed by atoms with Crippen molar-refractivity contribution < 1.29 is 0 Å². The molecular formula is C24H48. The average Bonchev–Trinajstić information content (AvgIpc) is 2.60. The van der Waals surface area contributed by atoms with E-state index in [0.717, 1.165) is 0 Å². The third-order valence-electron chi connectivity index (χ3n) is 5.21. The van der Waals surface area contributed by atoms with Gasteiger partial charge in [-0.3, -0.25) is 0 Å². The summed E-state index contributed by atoms with van der Waals surface area (Å²) in [6, 6.07) is 0. The fourth-order valence-electron chi connectivity index (χ4n) is 3.51. The number of hydrogen-bond donors (Lipinski definition) is 0. The predicted molar refractivity (Wildman–Crippen MR) is 113 cm³/mol. The highest BCUT2D eigenvalue weighted by molar-refractivity contribution is 4.76. The number of unbranched alkanes of at least 4 members (excludes halogenated alkanes) is 19. The van der Waals surface area contributed by atoms with Crippen LogP contribution in [-0.2, 0) is 0 Å². The molecule has 0 aromatic heterocycles. The quantitative estimate of drug-likeness (QED) is 0.153. The molecule has 0 saturated carbocycles. The fraction of sp³-hybridized carbons (Fsp3) is 0.917. The SMILES string of the molecule is C/C=C/CCCCCCCCCCCCCCCCCCCCC. The molecule has 0 rings (SSSR count). The van der Waals surface area contributed by atoms with Gasteiger partial charge >= 0.3 is 0 Å². The first-order valence-electron chi connectivity index (χ1n) is 11.5. The van der Waals surface area contributed by atoms with Gasteiger partial charge in [-0.15, -0.1) is 0 Å². The summed E-state index contributed by atoms with van der Waals surface area (Å²) in [7, 11) is 0. The molecule has 0 heteroatoms. The van der Waals surface area contributed by atoms with Crippen molar-refractivity contribution in [1.82, 2.24) is 0 Å². The van der Waals surface area contributed by atoms with Gasteiger partial charge < -0.3 is 0 Å². The van der Waals surface area contributed by atoms with Crippen LogP contribution in [0.1, 0.15) is 142 Å². The van der Waals surface area contributed by atoms with Crippen molar-refractivity contribution in [3.63, 3.8) is 0 Å². The molecule has 0 N–H and O–H groups in total. The number of hydrogen-bond acceptors (Lipinski definition) is 0. The lowest BCUT2D eigenvalue weighted by molar-refractivity contribution is 0.523. The Bertz CT molecular complexity index is 228. The van der Waals surface area contributed by atoms with Crippen LogP contribution in [0.3, 0.4) is 0 Å². The van der Waals surface area contributed by atoms with Crippen molar-refractivity contribution in [2.24, 2.45) is 0 Å². The van der Waals surface area contributed by atoms with Gasteiger partial charge in [0.15, 0.2) is 0 Å². The molecule has 0 aromatic rings. The van der Waals surface area contributed by atoms with Gasteiger partial charge in [0.25, 0.3) is 0 Å². The zero-order chi connectivity index (χ0) is 17.6. The smallest absolute Gasteiger partial charge is 0.0351 e. The summed E-state index contributed by atoms with van der Waals surface area (Å²) >= 11 is 0. The molecule has 0 atom stereocenters. The minimum atomic E-state index is 1.29. The van der Waals surface area contributed by atoms with E-state index in [2.05, 4.69) is 26.0 Å². The maximum atomic E-state index is 2.30. The molecule has 0 spiro atoms. The van der Waals surface area contributed by atoms with Crippen molar-refractivity contribution in [2.75, 3.05) is 0 Å². The predicted octanol–water partition coefficient (Wildman–Crippen LogP) is 9.38. The molecule has 144 valence electrons. The largest absolute Gasteiger partial charge is 0.0917 e. The van der Waals surface area contributed by atoms with Crippen molar-refractivity contribution >= 4 is 0 Å². The van der Waals surface area contributed by atoms with Crippen molar-refractivity contribution in [2.45, 2.75) is 142 Å². The lowest BCUT2D eigenvalue weighted by Crippen LogP contribution is -1.84. The Labute approximate surface area is 154 Å². The van der Waals surface area contributed by atoms with Crippen LogP contribution in [0.2, 0.25) is 0 Å². The minimum absolute atomic E-state index is 1.29. The zero-order valence-corrected chi connectivity index (χ0v) is 17.3. The number of rotatable bonds is 20. The van der Waals surface area contributed by atoms with Crippen molar-refractivity contribution in [3.8, 4) is 0 Å².